The van der Waals surface area contributed by atoms with Crippen LogP contribution in [-0.4, -0.2) is 27.1 Å². The van der Waals surface area contributed by atoms with E-state index in [1.807, 2.05) is 19.3 Å². The van der Waals surface area contributed by atoms with Gasteiger partial charge in [-0.15, -0.1) is 0 Å². The number of fused-ring (bicyclic) bond motifs is 1. The molecule has 1 aromatic carbocycles. The topological polar surface area (TPSA) is 87.9 Å². The Morgan fingerprint density at radius 1 is 1.57 bits per heavy atom. The lowest BCUT2D eigenvalue weighted by Gasteiger charge is -2.14. The maximum atomic E-state index is 12.5. The molecule has 1 aromatic heterocycles. The molecule has 0 atom stereocenters. The Labute approximate surface area is 141 Å². The van der Waals surface area contributed by atoms with E-state index in [2.05, 4.69) is 27.1 Å². The third-order valence-electron chi connectivity index (χ3n) is 3.71. The molecule has 0 unspecified atom stereocenters. The minimum Gasteiger partial charge on any atom is -0.398 e. The van der Waals surface area contributed by atoms with Crippen LogP contribution in [0.25, 0.3) is 6.08 Å². The summed E-state index contributed by atoms with van der Waals surface area (Å²) < 4.78 is 2.52. The largest absolute Gasteiger partial charge is 0.398 e. The summed E-state index contributed by atoms with van der Waals surface area (Å²) in [5.74, 6) is -0.147. The van der Waals surface area contributed by atoms with E-state index in [1.54, 1.807) is 27.9 Å². The van der Waals surface area contributed by atoms with Gasteiger partial charge in [0.05, 0.1) is 24.4 Å². The molecular weight excluding hydrogens is 358 g/mol. The molecular formula is C16H14BrN5O. The minimum absolute atomic E-state index is 0.147. The lowest BCUT2D eigenvalue weighted by Crippen LogP contribution is -2.26. The second-order valence-electron chi connectivity index (χ2n) is 5.38. The maximum absolute atomic E-state index is 12.5. The molecule has 1 amide bonds. The molecule has 0 fully saturated rings. The molecule has 0 aliphatic carbocycles. The highest BCUT2D eigenvalue weighted by atomic mass is 79.9. The summed E-state index contributed by atoms with van der Waals surface area (Å²) in [5.41, 5.74) is 9.10. The van der Waals surface area contributed by atoms with E-state index in [0.29, 0.717) is 23.4 Å². The zero-order valence-corrected chi connectivity index (χ0v) is 14.0. The normalized spacial score (nSPS) is 14.0. The molecule has 0 radical (unpaired) electrons. The van der Waals surface area contributed by atoms with Crippen molar-refractivity contribution in [2.45, 2.75) is 6.54 Å². The van der Waals surface area contributed by atoms with Gasteiger partial charge < -0.3 is 10.6 Å². The van der Waals surface area contributed by atoms with Gasteiger partial charge in [0.15, 0.2) is 0 Å². The lowest BCUT2D eigenvalue weighted by atomic mass is 10.1. The van der Waals surface area contributed by atoms with Gasteiger partial charge in [0.1, 0.15) is 0 Å². The van der Waals surface area contributed by atoms with Crippen LogP contribution >= 0.6 is 15.9 Å². The molecule has 1 aliphatic heterocycles. The number of hydrogen-bond acceptors (Lipinski definition) is 4. The van der Waals surface area contributed by atoms with Crippen molar-refractivity contribution in [1.29, 1.82) is 5.26 Å². The number of nitrogens with zero attached hydrogens (tertiary/aromatic N) is 4. The number of aromatic nitrogens is 2. The maximum Gasteiger partial charge on any atom is 0.256 e. The Balaban J connectivity index is 1.86. The van der Waals surface area contributed by atoms with Gasteiger partial charge in [-0.3, -0.25) is 9.48 Å². The molecule has 7 heteroatoms. The number of amides is 1. The number of anilines is 1. The molecule has 23 heavy (non-hydrogen) atoms. The standard InChI is InChI=1S/C16H14BrN5O/c1-21-7-11(6-20-21)4-10(5-18)8-22-9-12-13(17)2-3-14(19)15(12)16(22)23/h2-4,6-7H,8-9,19H2,1H3/b10-4+. The van der Waals surface area contributed by atoms with Crippen LogP contribution in [0.2, 0.25) is 0 Å². The van der Waals surface area contributed by atoms with Gasteiger partial charge >= 0.3 is 0 Å². The van der Waals surface area contributed by atoms with E-state index in [9.17, 15) is 10.1 Å². The second kappa shape index (κ2) is 5.89. The third kappa shape index (κ3) is 2.85. The Kier molecular flexibility index (Phi) is 3.92. The van der Waals surface area contributed by atoms with Crippen molar-refractivity contribution in [1.82, 2.24) is 14.7 Å². The summed E-state index contributed by atoms with van der Waals surface area (Å²) in [4.78, 5) is 14.2. The lowest BCUT2D eigenvalue weighted by molar-refractivity contribution is 0.0795. The number of rotatable bonds is 3. The number of hydrogen-bond donors (Lipinski definition) is 1. The monoisotopic (exact) mass is 371 g/mol. The molecule has 0 saturated carbocycles. The van der Waals surface area contributed by atoms with Crippen LogP contribution in [0.3, 0.4) is 0 Å². The van der Waals surface area contributed by atoms with Crippen molar-refractivity contribution in [2.75, 3.05) is 12.3 Å². The van der Waals surface area contributed by atoms with E-state index in [0.717, 1.165) is 15.6 Å². The van der Waals surface area contributed by atoms with Crippen molar-refractivity contribution in [3.05, 3.63) is 51.3 Å². The highest BCUT2D eigenvalue weighted by molar-refractivity contribution is 9.10. The number of nitrogens with two attached hydrogens (primary N) is 1. The van der Waals surface area contributed by atoms with Crippen molar-refractivity contribution in [3.8, 4) is 6.07 Å². The first-order valence-electron chi connectivity index (χ1n) is 6.95. The zero-order chi connectivity index (χ0) is 16.6. The predicted molar refractivity (Wildman–Crippen MR) is 90.1 cm³/mol. The van der Waals surface area contributed by atoms with Gasteiger partial charge in [0.2, 0.25) is 0 Å². The summed E-state index contributed by atoms with van der Waals surface area (Å²) in [5, 5.41) is 13.4. The quantitative estimate of drug-likeness (QED) is 0.662. The van der Waals surface area contributed by atoms with E-state index >= 15 is 0 Å². The highest BCUT2D eigenvalue weighted by Gasteiger charge is 2.31. The number of nitrogen functional groups attached to an aromatic ring is 1. The molecule has 3 rings (SSSR count). The first-order valence-corrected chi connectivity index (χ1v) is 7.74. The molecule has 0 saturated heterocycles. The summed E-state index contributed by atoms with van der Waals surface area (Å²) in [6.45, 7) is 0.677. The average Bonchev–Trinajstić information content (AvgIpc) is 3.07. The fourth-order valence-electron chi connectivity index (χ4n) is 2.63. The van der Waals surface area contributed by atoms with Crippen molar-refractivity contribution in [2.24, 2.45) is 7.05 Å². The van der Waals surface area contributed by atoms with E-state index < -0.39 is 0 Å². The number of carbonyl (C=O) groups is 1. The van der Waals surface area contributed by atoms with E-state index in [4.69, 9.17) is 5.73 Å². The van der Waals surface area contributed by atoms with Crippen LogP contribution in [0.4, 0.5) is 5.69 Å². The SMILES string of the molecule is Cn1cc(/C=C(\C#N)CN2Cc3c(Br)ccc(N)c3C2=O)cn1. The molecule has 2 N–H and O–H groups in total. The van der Waals surface area contributed by atoms with Gasteiger partial charge in [-0.25, -0.2) is 0 Å². The van der Waals surface area contributed by atoms with Crippen molar-refractivity contribution in [3.63, 3.8) is 0 Å². The Bertz CT molecular complexity index is 862. The Morgan fingerprint density at radius 2 is 2.35 bits per heavy atom. The van der Waals surface area contributed by atoms with Gasteiger partial charge in [-0.05, 0) is 18.2 Å². The third-order valence-corrected chi connectivity index (χ3v) is 4.45. The van der Waals surface area contributed by atoms with Crippen LogP contribution in [-0.2, 0) is 13.6 Å². The van der Waals surface area contributed by atoms with Gasteiger partial charge in [-0.2, -0.15) is 10.4 Å². The number of halogens is 1. The fraction of sp³-hybridized carbons (Fsp3) is 0.188. The van der Waals surface area contributed by atoms with Crippen LogP contribution in [0.1, 0.15) is 21.5 Å². The molecule has 1 aliphatic rings. The second-order valence-corrected chi connectivity index (χ2v) is 6.23. The first-order chi connectivity index (χ1) is 11.0. The molecule has 2 heterocycles. The van der Waals surface area contributed by atoms with Gasteiger partial charge in [0, 0.05) is 46.6 Å². The Hall–Kier alpha value is -2.59. The predicted octanol–water partition coefficient (Wildman–Crippen LogP) is 2.33. The number of nitriles is 1. The Morgan fingerprint density at radius 3 is 2.96 bits per heavy atom. The number of aryl methyl sites for hydroxylation is 1. The smallest absolute Gasteiger partial charge is 0.256 e. The van der Waals surface area contributed by atoms with Crippen molar-refractivity contribution >= 4 is 33.6 Å². The highest BCUT2D eigenvalue weighted by Crippen LogP contribution is 2.33. The number of carbonyl (C=O) groups excluding carboxylic acids is 1. The molecule has 0 spiro atoms. The summed E-state index contributed by atoms with van der Waals surface area (Å²) in [7, 11) is 1.81. The fourth-order valence-corrected chi connectivity index (χ4v) is 3.09. The number of benzene rings is 1. The van der Waals surface area contributed by atoms with Crippen LogP contribution in [0, 0.1) is 11.3 Å². The molecule has 0 bridgehead atoms. The van der Waals surface area contributed by atoms with Crippen molar-refractivity contribution < 1.29 is 4.79 Å². The molecule has 116 valence electrons. The molecule has 6 nitrogen and oxygen atoms in total. The zero-order valence-electron chi connectivity index (χ0n) is 12.5. The van der Waals surface area contributed by atoms with E-state index in [-0.39, 0.29) is 12.5 Å². The van der Waals surface area contributed by atoms with Crippen LogP contribution in [0.5, 0.6) is 0 Å². The minimum atomic E-state index is -0.147. The van der Waals surface area contributed by atoms with Crippen LogP contribution < -0.4 is 5.73 Å². The van der Waals surface area contributed by atoms with Gasteiger partial charge in [0.25, 0.3) is 5.91 Å². The van der Waals surface area contributed by atoms with E-state index in [1.165, 1.54) is 0 Å². The summed E-state index contributed by atoms with van der Waals surface area (Å²) in [6, 6.07) is 5.69. The summed E-state index contributed by atoms with van der Waals surface area (Å²) >= 11 is 3.45. The summed E-state index contributed by atoms with van der Waals surface area (Å²) in [6.07, 6.45) is 5.22. The van der Waals surface area contributed by atoms with Gasteiger partial charge in [-0.1, -0.05) is 15.9 Å². The molecule has 2 aromatic rings. The average molecular weight is 372 g/mol. The first kappa shape index (κ1) is 15.3. The van der Waals surface area contributed by atoms with Crippen LogP contribution in [0.15, 0.2) is 34.6 Å².